The summed E-state index contributed by atoms with van der Waals surface area (Å²) in [5.74, 6) is 0.113. The topological polar surface area (TPSA) is 3.24 Å². The van der Waals surface area contributed by atoms with Crippen molar-refractivity contribution < 1.29 is 13.2 Å². The quantitative estimate of drug-likeness (QED) is 0.481. The molecule has 0 aromatic heterocycles. The van der Waals surface area contributed by atoms with Gasteiger partial charge >= 0.3 is 6.18 Å². The van der Waals surface area contributed by atoms with E-state index < -0.39 is 11.7 Å². The average Bonchev–Trinajstić information content (AvgIpc) is 3.10. The first-order chi connectivity index (χ1) is 13.4. The zero-order valence-electron chi connectivity index (χ0n) is 16.6. The molecule has 2 aromatic carbocycles. The summed E-state index contributed by atoms with van der Waals surface area (Å²) >= 11 is 0. The van der Waals surface area contributed by atoms with Crippen molar-refractivity contribution in [2.24, 2.45) is 0 Å². The normalized spacial score (nSPS) is 14.8. The van der Waals surface area contributed by atoms with E-state index in [-0.39, 0.29) is 5.92 Å². The minimum Gasteiger partial charge on any atom is -0.345 e. The number of fused-ring (bicyclic) bond motifs is 1. The lowest BCUT2D eigenvalue weighted by molar-refractivity contribution is -0.137. The third-order valence-corrected chi connectivity index (χ3v) is 5.58. The van der Waals surface area contributed by atoms with Gasteiger partial charge in [-0.1, -0.05) is 57.5 Å². The number of anilines is 1. The van der Waals surface area contributed by atoms with Crippen LogP contribution in [0.1, 0.15) is 67.7 Å². The van der Waals surface area contributed by atoms with Gasteiger partial charge in [-0.2, -0.15) is 13.2 Å². The lowest BCUT2D eigenvalue weighted by Crippen LogP contribution is -2.18. The van der Waals surface area contributed by atoms with Crippen LogP contribution in [0.15, 0.2) is 54.7 Å². The molecular formula is C24H28F3N. The molecule has 4 heteroatoms. The lowest BCUT2D eigenvalue weighted by Gasteiger charge is -2.24. The first kappa shape index (κ1) is 20.5. The van der Waals surface area contributed by atoms with Gasteiger partial charge in [0.25, 0.3) is 0 Å². The Labute approximate surface area is 165 Å². The molecule has 1 atom stereocenters. The summed E-state index contributed by atoms with van der Waals surface area (Å²) in [6.45, 7) is 9.45. The number of hydrogen-bond acceptors (Lipinski definition) is 1. The SMILES string of the molecule is C=C(CCC)N1CCc2c(C(CCC)c3ccc(C(F)(F)F)cc3)cccc21. The molecule has 1 aliphatic rings. The van der Waals surface area contributed by atoms with Crippen LogP contribution in [0.4, 0.5) is 18.9 Å². The van der Waals surface area contributed by atoms with E-state index in [0.29, 0.717) is 0 Å². The van der Waals surface area contributed by atoms with E-state index in [4.69, 9.17) is 0 Å². The molecule has 0 N–H and O–H groups in total. The second kappa shape index (κ2) is 8.42. The fourth-order valence-electron chi connectivity index (χ4n) is 4.23. The monoisotopic (exact) mass is 387 g/mol. The summed E-state index contributed by atoms with van der Waals surface area (Å²) in [7, 11) is 0. The summed E-state index contributed by atoms with van der Waals surface area (Å²) in [6.07, 6.45) is 0.580. The third kappa shape index (κ3) is 4.11. The minimum atomic E-state index is -4.30. The molecule has 1 aliphatic heterocycles. The van der Waals surface area contributed by atoms with Gasteiger partial charge in [-0.3, -0.25) is 0 Å². The van der Waals surface area contributed by atoms with E-state index in [1.165, 1.54) is 28.9 Å². The molecule has 150 valence electrons. The van der Waals surface area contributed by atoms with Crippen molar-refractivity contribution in [2.45, 2.75) is 58.0 Å². The molecule has 1 unspecified atom stereocenters. The maximum absolute atomic E-state index is 12.9. The van der Waals surface area contributed by atoms with Gasteiger partial charge in [-0.05, 0) is 54.2 Å². The maximum Gasteiger partial charge on any atom is 0.416 e. The number of hydrogen-bond donors (Lipinski definition) is 0. The van der Waals surface area contributed by atoms with Gasteiger partial charge in [0.1, 0.15) is 0 Å². The Morgan fingerprint density at radius 1 is 1.07 bits per heavy atom. The highest BCUT2D eigenvalue weighted by Crippen LogP contribution is 2.41. The first-order valence-corrected chi connectivity index (χ1v) is 10.1. The van der Waals surface area contributed by atoms with Crippen LogP contribution in [0, 0.1) is 0 Å². The second-order valence-corrected chi connectivity index (χ2v) is 7.52. The fourth-order valence-corrected chi connectivity index (χ4v) is 4.23. The minimum absolute atomic E-state index is 0.113. The largest absolute Gasteiger partial charge is 0.416 e. The summed E-state index contributed by atoms with van der Waals surface area (Å²) in [5.41, 5.74) is 5.27. The summed E-state index contributed by atoms with van der Waals surface area (Å²) in [5, 5.41) is 0. The Bertz CT molecular complexity index is 821. The molecule has 0 radical (unpaired) electrons. The van der Waals surface area contributed by atoms with Crippen molar-refractivity contribution in [3.8, 4) is 0 Å². The molecule has 0 saturated heterocycles. The van der Waals surface area contributed by atoms with Crippen LogP contribution < -0.4 is 4.90 Å². The van der Waals surface area contributed by atoms with Crippen LogP contribution in [-0.2, 0) is 12.6 Å². The Morgan fingerprint density at radius 3 is 2.39 bits per heavy atom. The number of benzene rings is 2. The summed E-state index contributed by atoms with van der Waals surface area (Å²) < 4.78 is 38.8. The number of halogens is 3. The smallest absolute Gasteiger partial charge is 0.345 e. The highest BCUT2D eigenvalue weighted by atomic mass is 19.4. The van der Waals surface area contributed by atoms with Gasteiger partial charge in [-0.15, -0.1) is 0 Å². The van der Waals surface area contributed by atoms with Crippen LogP contribution in [0.3, 0.4) is 0 Å². The molecule has 0 bridgehead atoms. The summed E-state index contributed by atoms with van der Waals surface area (Å²) in [4.78, 5) is 2.30. The molecule has 0 spiro atoms. The lowest BCUT2D eigenvalue weighted by atomic mass is 9.84. The van der Waals surface area contributed by atoms with Gasteiger partial charge in [0, 0.05) is 23.8 Å². The highest BCUT2D eigenvalue weighted by molar-refractivity contribution is 5.65. The number of alkyl halides is 3. The van der Waals surface area contributed by atoms with Crippen molar-refractivity contribution in [1.29, 1.82) is 0 Å². The van der Waals surface area contributed by atoms with E-state index in [1.54, 1.807) is 12.1 Å². The maximum atomic E-state index is 12.9. The molecule has 0 fully saturated rings. The van der Waals surface area contributed by atoms with Crippen molar-refractivity contribution in [2.75, 3.05) is 11.4 Å². The van der Waals surface area contributed by atoms with Crippen LogP contribution >= 0.6 is 0 Å². The molecule has 0 saturated carbocycles. The van der Waals surface area contributed by atoms with Gasteiger partial charge in [-0.25, -0.2) is 0 Å². The van der Waals surface area contributed by atoms with E-state index >= 15 is 0 Å². The van der Waals surface area contributed by atoms with Crippen LogP contribution in [-0.4, -0.2) is 6.54 Å². The van der Waals surface area contributed by atoms with Gasteiger partial charge in [0.05, 0.1) is 5.56 Å². The van der Waals surface area contributed by atoms with Crippen LogP contribution in [0.25, 0.3) is 0 Å². The van der Waals surface area contributed by atoms with Crippen LogP contribution in [0.5, 0.6) is 0 Å². The molecule has 28 heavy (non-hydrogen) atoms. The van der Waals surface area contributed by atoms with Crippen LogP contribution in [0.2, 0.25) is 0 Å². The second-order valence-electron chi connectivity index (χ2n) is 7.52. The molecule has 0 aliphatic carbocycles. The standard InChI is InChI=1S/C24H28F3N/c1-4-7-17(3)28-16-15-22-21(9-6-10-23(22)28)20(8-5-2)18-11-13-19(14-12-18)24(25,26)27/h6,9-14,20H,3-5,7-8,15-16H2,1-2H3. The Hall–Kier alpha value is -2.23. The molecular weight excluding hydrogens is 359 g/mol. The molecule has 2 aromatic rings. The Kier molecular flexibility index (Phi) is 6.17. The Balaban J connectivity index is 1.97. The average molecular weight is 387 g/mol. The zero-order valence-corrected chi connectivity index (χ0v) is 16.6. The fraction of sp³-hybridized carbons (Fsp3) is 0.417. The van der Waals surface area contributed by atoms with Crippen molar-refractivity contribution in [3.63, 3.8) is 0 Å². The van der Waals surface area contributed by atoms with Crippen molar-refractivity contribution >= 4 is 5.69 Å². The molecule has 3 rings (SSSR count). The van der Waals surface area contributed by atoms with E-state index in [9.17, 15) is 13.2 Å². The van der Waals surface area contributed by atoms with Gasteiger partial charge < -0.3 is 4.90 Å². The van der Waals surface area contributed by atoms with Crippen molar-refractivity contribution in [1.82, 2.24) is 0 Å². The number of rotatable bonds is 7. The van der Waals surface area contributed by atoms with Crippen molar-refractivity contribution in [3.05, 3.63) is 77.0 Å². The first-order valence-electron chi connectivity index (χ1n) is 10.1. The molecule has 0 amide bonds. The molecule has 1 heterocycles. The Morgan fingerprint density at radius 2 is 1.79 bits per heavy atom. The number of allylic oxidation sites excluding steroid dienone is 1. The van der Waals surface area contributed by atoms with Gasteiger partial charge in [0.15, 0.2) is 0 Å². The number of nitrogens with zero attached hydrogens (tertiary/aromatic N) is 1. The predicted molar refractivity (Wildman–Crippen MR) is 110 cm³/mol. The van der Waals surface area contributed by atoms with E-state index in [1.807, 2.05) is 0 Å². The highest BCUT2D eigenvalue weighted by Gasteiger charge is 2.31. The van der Waals surface area contributed by atoms with E-state index in [2.05, 4.69) is 43.5 Å². The van der Waals surface area contributed by atoms with Gasteiger partial charge in [0.2, 0.25) is 0 Å². The molecule has 1 nitrogen and oxygen atoms in total. The summed E-state index contributed by atoms with van der Waals surface area (Å²) in [6, 6.07) is 12.0. The zero-order chi connectivity index (χ0) is 20.3. The van der Waals surface area contributed by atoms with E-state index in [0.717, 1.165) is 49.9 Å². The third-order valence-electron chi connectivity index (χ3n) is 5.58. The predicted octanol–water partition coefficient (Wildman–Crippen LogP) is 7.31.